The Morgan fingerprint density at radius 1 is 0.882 bits per heavy atom. The molecule has 2 heteroatoms. The van der Waals surface area contributed by atoms with Crippen LogP contribution in [0.15, 0.2) is 54.6 Å². The van der Waals surface area contributed by atoms with Crippen molar-refractivity contribution >= 4 is 0 Å². The Hall–Kier alpha value is -1.67. The molecule has 0 aliphatic rings. The van der Waals surface area contributed by atoms with Gasteiger partial charge in [-0.25, -0.2) is 0 Å². The molecule has 1 nitrogen and oxygen atoms in total. The minimum Gasteiger partial charge on any atom is -0.388 e. The average Bonchev–Trinajstić information content (AvgIpc) is 2.40. The van der Waals surface area contributed by atoms with Crippen molar-refractivity contribution in [3.8, 4) is 11.1 Å². The molecular weight excluding hydrogens is 215 g/mol. The molecule has 0 aromatic heterocycles. The van der Waals surface area contributed by atoms with E-state index in [1.807, 2.05) is 54.6 Å². The first kappa shape index (κ1) is 11.8. The van der Waals surface area contributed by atoms with Gasteiger partial charge in [0.25, 0.3) is 0 Å². The standard InChI is InChI=1S/C15H15FO/c16-11-10-15(17)14-8-6-13(7-9-14)12-4-2-1-3-5-12/h1-9,15,17H,10-11H2. The van der Waals surface area contributed by atoms with E-state index in [2.05, 4.69) is 0 Å². The van der Waals surface area contributed by atoms with Crippen molar-refractivity contribution < 1.29 is 9.50 Å². The first-order valence-electron chi connectivity index (χ1n) is 5.70. The predicted molar refractivity (Wildman–Crippen MR) is 67.4 cm³/mol. The third-order valence-corrected chi connectivity index (χ3v) is 2.79. The Kier molecular flexibility index (Phi) is 3.89. The highest BCUT2D eigenvalue weighted by atomic mass is 19.1. The normalized spacial score (nSPS) is 12.4. The minimum atomic E-state index is -0.704. The van der Waals surface area contributed by atoms with Crippen molar-refractivity contribution in [3.05, 3.63) is 60.2 Å². The molecule has 2 aromatic carbocycles. The monoisotopic (exact) mass is 230 g/mol. The molecule has 0 aliphatic heterocycles. The van der Waals surface area contributed by atoms with E-state index in [9.17, 15) is 9.50 Å². The smallest absolute Gasteiger partial charge is 0.0922 e. The van der Waals surface area contributed by atoms with Crippen LogP contribution in [0.25, 0.3) is 11.1 Å². The zero-order valence-corrected chi connectivity index (χ0v) is 9.51. The number of aliphatic hydroxyl groups is 1. The van der Waals surface area contributed by atoms with Gasteiger partial charge < -0.3 is 5.11 Å². The molecule has 0 radical (unpaired) electrons. The molecule has 2 rings (SSSR count). The Bertz CT molecular complexity index is 450. The van der Waals surface area contributed by atoms with Crippen LogP contribution in [0.4, 0.5) is 4.39 Å². The van der Waals surface area contributed by atoms with E-state index in [0.717, 1.165) is 16.7 Å². The van der Waals surface area contributed by atoms with Gasteiger partial charge in [-0.15, -0.1) is 0 Å². The maximum Gasteiger partial charge on any atom is 0.0922 e. The maximum atomic E-state index is 12.1. The quantitative estimate of drug-likeness (QED) is 0.848. The summed E-state index contributed by atoms with van der Waals surface area (Å²) in [6.07, 6.45) is -0.546. The van der Waals surface area contributed by atoms with E-state index in [0.29, 0.717) is 0 Å². The van der Waals surface area contributed by atoms with E-state index in [1.165, 1.54) is 0 Å². The van der Waals surface area contributed by atoms with Gasteiger partial charge >= 0.3 is 0 Å². The molecule has 0 saturated heterocycles. The fourth-order valence-electron chi connectivity index (χ4n) is 1.80. The number of rotatable bonds is 4. The largest absolute Gasteiger partial charge is 0.388 e. The van der Waals surface area contributed by atoms with Crippen LogP contribution in [0, 0.1) is 0 Å². The van der Waals surface area contributed by atoms with Crippen molar-refractivity contribution in [2.75, 3.05) is 6.67 Å². The Labute approximate surface area is 101 Å². The summed E-state index contributed by atoms with van der Waals surface area (Å²) in [4.78, 5) is 0. The van der Waals surface area contributed by atoms with Gasteiger partial charge in [0.15, 0.2) is 0 Å². The second-order valence-corrected chi connectivity index (χ2v) is 3.98. The highest BCUT2D eigenvalue weighted by Crippen LogP contribution is 2.23. The van der Waals surface area contributed by atoms with Gasteiger partial charge in [-0.05, 0) is 16.7 Å². The second-order valence-electron chi connectivity index (χ2n) is 3.98. The van der Waals surface area contributed by atoms with E-state index >= 15 is 0 Å². The van der Waals surface area contributed by atoms with Crippen LogP contribution in [0.3, 0.4) is 0 Å². The van der Waals surface area contributed by atoms with Gasteiger partial charge in [-0.2, -0.15) is 0 Å². The number of alkyl halides is 1. The maximum absolute atomic E-state index is 12.1. The fourth-order valence-corrected chi connectivity index (χ4v) is 1.80. The van der Waals surface area contributed by atoms with Crippen molar-refractivity contribution in [2.45, 2.75) is 12.5 Å². The molecule has 1 unspecified atom stereocenters. The van der Waals surface area contributed by atoms with Crippen LogP contribution in [0.1, 0.15) is 18.1 Å². The first-order chi connectivity index (χ1) is 8.31. The molecule has 0 fully saturated rings. The summed E-state index contributed by atoms with van der Waals surface area (Å²) >= 11 is 0. The van der Waals surface area contributed by atoms with E-state index in [4.69, 9.17) is 0 Å². The molecule has 0 saturated carbocycles. The van der Waals surface area contributed by atoms with Gasteiger partial charge in [-0.1, -0.05) is 54.6 Å². The summed E-state index contributed by atoms with van der Waals surface area (Å²) in [7, 11) is 0. The van der Waals surface area contributed by atoms with E-state index in [1.54, 1.807) is 0 Å². The second kappa shape index (κ2) is 5.60. The zero-order valence-electron chi connectivity index (χ0n) is 9.51. The fraction of sp³-hybridized carbons (Fsp3) is 0.200. The van der Waals surface area contributed by atoms with Gasteiger partial charge in [-0.3, -0.25) is 4.39 Å². The van der Waals surface area contributed by atoms with Gasteiger partial charge in [0.2, 0.25) is 0 Å². The minimum absolute atomic E-state index is 0.157. The Balaban J connectivity index is 2.19. The molecule has 0 bridgehead atoms. The summed E-state index contributed by atoms with van der Waals surface area (Å²) in [6.45, 7) is -0.498. The first-order valence-corrected chi connectivity index (χ1v) is 5.70. The lowest BCUT2D eigenvalue weighted by atomic mass is 10.0. The number of benzene rings is 2. The van der Waals surface area contributed by atoms with Crippen molar-refractivity contribution in [2.24, 2.45) is 0 Å². The Morgan fingerprint density at radius 3 is 2.06 bits per heavy atom. The molecule has 88 valence electrons. The number of hydrogen-bond acceptors (Lipinski definition) is 1. The molecular formula is C15H15FO. The van der Waals surface area contributed by atoms with Crippen LogP contribution in [0.2, 0.25) is 0 Å². The Morgan fingerprint density at radius 2 is 1.47 bits per heavy atom. The van der Waals surface area contributed by atoms with E-state index in [-0.39, 0.29) is 6.42 Å². The lowest BCUT2D eigenvalue weighted by Crippen LogP contribution is -1.97. The molecule has 17 heavy (non-hydrogen) atoms. The van der Waals surface area contributed by atoms with Crippen LogP contribution >= 0.6 is 0 Å². The molecule has 0 spiro atoms. The number of hydrogen-bond donors (Lipinski definition) is 1. The highest BCUT2D eigenvalue weighted by Gasteiger charge is 2.06. The molecule has 1 atom stereocenters. The van der Waals surface area contributed by atoms with Crippen LogP contribution in [-0.2, 0) is 0 Å². The molecule has 0 heterocycles. The summed E-state index contributed by atoms with van der Waals surface area (Å²) in [5, 5.41) is 9.64. The summed E-state index contributed by atoms with van der Waals surface area (Å²) < 4.78 is 12.1. The molecule has 2 aromatic rings. The summed E-state index contributed by atoms with van der Waals surface area (Å²) in [6, 6.07) is 17.6. The number of aliphatic hydroxyl groups excluding tert-OH is 1. The lowest BCUT2D eigenvalue weighted by Gasteiger charge is -2.09. The zero-order chi connectivity index (χ0) is 12.1. The van der Waals surface area contributed by atoms with Crippen molar-refractivity contribution in [3.63, 3.8) is 0 Å². The average molecular weight is 230 g/mol. The highest BCUT2D eigenvalue weighted by molar-refractivity contribution is 5.63. The summed E-state index contributed by atoms with van der Waals surface area (Å²) in [5.74, 6) is 0. The third-order valence-electron chi connectivity index (χ3n) is 2.79. The molecule has 0 aliphatic carbocycles. The van der Waals surface area contributed by atoms with Gasteiger partial charge in [0.1, 0.15) is 0 Å². The third kappa shape index (κ3) is 2.92. The molecule has 0 amide bonds. The lowest BCUT2D eigenvalue weighted by molar-refractivity contribution is 0.156. The van der Waals surface area contributed by atoms with Crippen LogP contribution in [0.5, 0.6) is 0 Å². The topological polar surface area (TPSA) is 20.2 Å². The van der Waals surface area contributed by atoms with Crippen LogP contribution < -0.4 is 0 Å². The summed E-state index contributed by atoms with van der Waals surface area (Å²) in [5.41, 5.74) is 3.00. The van der Waals surface area contributed by atoms with Gasteiger partial charge in [0, 0.05) is 6.42 Å². The SMILES string of the molecule is OC(CCF)c1ccc(-c2ccccc2)cc1. The predicted octanol–water partition coefficient (Wildman–Crippen LogP) is 3.75. The van der Waals surface area contributed by atoms with E-state index < -0.39 is 12.8 Å². The number of halogens is 1. The van der Waals surface area contributed by atoms with Crippen molar-refractivity contribution in [1.82, 2.24) is 0 Å². The van der Waals surface area contributed by atoms with Gasteiger partial charge in [0.05, 0.1) is 12.8 Å². The molecule has 1 N–H and O–H groups in total. The van der Waals surface area contributed by atoms with Crippen LogP contribution in [-0.4, -0.2) is 11.8 Å². The van der Waals surface area contributed by atoms with Crippen molar-refractivity contribution in [1.29, 1.82) is 0 Å².